The second-order valence-electron chi connectivity index (χ2n) is 22.5. The Morgan fingerprint density at radius 1 is 0.507 bits per heavy atom. The van der Waals surface area contributed by atoms with E-state index in [1.165, 1.54) is 205 Å². The Balaban J connectivity index is 2.63. The van der Waals surface area contributed by atoms with E-state index in [2.05, 4.69) is 38.2 Å². The molecule has 1 amide bonds. The van der Waals surface area contributed by atoms with Crippen LogP contribution in [0.25, 0.3) is 0 Å². The van der Waals surface area contributed by atoms with Crippen molar-refractivity contribution in [3.05, 3.63) is 24.3 Å². The molecule has 0 aromatic heterocycles. The highest BCUT2D eigenvalue weighted by Crippen LogP contribution is 2.26. The Bertz CT molecular complexity index is 1310. The van der Waals surface area contributed by atoms with Gasteiger partial charge in [-0.25, -0.2) is 0 Å². The van der Waals surface area contributed by atoms with Gasteiger partial charge in [0.25, 0.3) is 0 Å². The van der Waals surface area contributed by atoms with E-state index in [0.29, 0.717) is 19.3 Å². The maximum Gasteiger partial charge on any atom is 0.306 e. The minimum atomic E-state index is -1.61. The van der Waals surface area contributed by atoms with Crippen LogP contribution in [0.5, 0.6) is 0 Å². The lowest BCUT2D eigenvalue weighted by Gasteiger charge is -2.41. The summed E-state index contributed by atoms with van der Waals surface area (Å²) >= 11 is 0. The monoisotopic (exact) mass is 1060 g/mol. The number of amides is 1. The number of allylic oxidation sites excluding steroid dienone is 3. The van der Waals surface area contributed by atoms with E-state index < -0.39 is 67.4 Å². The largest absolute Gasteiger partial charge is 0.454 e. The number of aliphatic hydroxyl groups excluding tert-OH is 5. The number of carbonyl (C=O) groups is 2. The number of unbranched alkanes of at least 4 members (excludes halogenated alkanes) is 39. The number of nitrogens with one attached hydrogen (secondary N) is 1. The molecule has 1 heterocycles. The van der Waals surface area contributed by atoms with Crippen molar-refractivity contribution in [2.45, 2.75) is 359 Å². The molecule has 1 fully saturated rings. The van der Waals surface area contributed by atoms with Crippen LogP contribution in [0.15, 0.2) is 24.3 Å². The third-order valence-corrected chi connectivity index (χ3v) is 15.4. The molecule has 1 aliphatic rings. The first-order chi connectivity index (χ1) is 36.7. The molecular formula is C64H121NO10. The smallest absolute Gasteiger partial charge is 0.306 e. The molecule has 8 atom stereocenters. The summed E-state index contributed by atoms with van der Waals surface area (Å²) in [5.74, 6) is -1.18. The summed E-state index contributed by atoms with van der Waals surface area (Å²) in [7, 11) is 0. The zero-order valence-corrected chi connectivity index (χ0v) is 48.9. The lowest BCUT2D eigenvalue weighted by molar-refractivity contribution is -0.305. The quantitative estimate of drug-likeness (QED) is 0.0195. The van der Waals surface area contributed by atoms with Gasteiger partial charge in [0, 0.05) is 6.42 Å². The molecule has 1 saturated heterocycles. The summed E-state index contributed by atoms with van der Waals surface area (Å²) in [4.78, 5) is 26.5. The number of hydrogen-bond donors (Lipinski definition) is 6. The van der Waals surface area contributed by atoms with E-state index >= 15 is 0 Å². The first-order valence-corrected chi connectivity index (χ1v) is 32.1. The zero-order chi connectivity index (χ0) is 54.7. The van der Waals surface area contributed by atoms with Crippen molar-refractivity contribution in [2.75, 3.05) is 13.2 Å². The maximum atomic E-state index is 13.4. The molecule has 8 unspecified atom stereocenters. The minimum Gasteiger partial charge on any atom is -0.454 e. The number of rotatable bonds is 55. The third-order valence-electron chi connectivity index (χ3n) is 15.4. The van der Waals surface area contributed by atoms with Gasteiger partial charge in [0.2, 0.25) is 5.91 Å². The second-order valence-corrected chi connectivity index (χ2v) is 22.5. The van der Waals surface area contributed by atoms with Crippen LogP contribution in [-0.2, 0) is 23.8 Å². The highest BCUT2D eigenvalue weighted by molar-refractivity contribution is 5.80. The normalized spacial score (nSPS) is 19.3. The minimum absolute atomic E-state index is 0.130. The highest BCUT2D eigenvalue weighted by Gasteiger charge is 2.47. The van der Waals surface area contributed by atoms with Crippen molar-refractivity contribution >= 4 is 11.9 Å². The molecule has 1 aliphatic heterocycles. The molecule has 0 spiro atoms. The maximum absolute atomic E-state index is 13.4. The van der Waals surface area contributed by atoms with E-state index in [0.717, 1.165) is 57.8 Å². The van der Waals surface area contributed by atoms with Crippen LogP contribution in [0.1, 0.15) is 310 Å². The zero-order valence-electron chi connectivity index (χ0n) is 48.9. The fraction of sp³-hybridized carbons (Fsp3) is 0.906. The van der Waals surface area contributed by atoms with E-state index in [4.69, 9.17) is 14.2 Å². The summed E-state index contributed by atoms with van der Waals surface area (Å²) in [5.41, 5.74) is 0. The topological polar surface area (TPSA) is 175 Å². The van der Waals surface area contributed by atoms with Crippen LogP contribution < -0.4 is 5.32 Å². The molecule has 0 aromatic rings. The van der Waals surface area contributed by atoms with Gasteiger partial charge in [-0.15, -0.1) is 0 Å². The van der Waals surface area contributed by atoms with Crippen LogP contribution in [0, 0.1) is 0 Å². The molecule has 0 bridgehead atoms. The fourth-order valence-electron chi connectivity index (χ4n) is 10.2. The molecule has 0 saturated carbocycles. The predicted molar refractivity (Wildman–Crippen MR) is 311 cm³/mol. The number of aliphatic hydroxyl groups is 5. The van der Waals surface area contributed by atoms with Crippen molar-refractivity contribution in [1.29, 1.82) is 0 Å². The molecule has 11 nitrogen and oxygen atoms in total. The first-order valence-electron chi connectivity index (χ1n) is 32.1. The van der Waals surface area contributed by atoms with Gasteiger partial charge in [0.05, 0.1) is 25.4 Å². The summed E-state index contributed by atoms with van der Waals surface area (Å²) in [6.45, 7) is 5.81. The van der Waals surface area contributed by atoms with Crippen molar-refractivity contribution in [1.82, 2.24) is 5.32 Å². The van der Waals surface area contributed by atoms with Gasteiger partial charge in [-0.3, -0.25) is 9.59 Å². The van der Waals surface area contributed by atoms with Gasteiger partial charge in [0.1, 0.15) is 24.4 Å². The van der Waals surface area contributed by atoms with Gasteiger partial charge in [-0.05, 0) is 51.4 Å². The van der Waals surface area contributed by atoms with E-state index in [9.17, 15) is 35.1 Å². The molecule has 0 radical (unpaired) electrons. The van der Waals surface area contributed by atoms with Gasteiger partial charge < -0.3 is 45.1 Å². The number of carbonyl (C=O) groups excluding carboxylic acids is 2. The van der Waals surface area contributed by atoms with E-state index in [1.54, 1.807) is 6.08 Å². The molecule has 0 aromatic carbocycles. The summed E-state index contributed by atoms with van der Waals surface area (Å²) in [5, 5.41) is 57.0. The van der Waals surface area contributed by atoms with Gasteiger partial charge >= 0.3 is 5.97 Å². The molecule has 75 heavy (non-hydrogen) atoms. The van der Waals surface area contributed by atoms with Crippen molar-refractivity contribution < 1.29 is 49.3 Å². The lowest BCUT2D eigenvalue weighted by Crippen LogP contribution is -2.61. The van der Waals surface area contributed by atoms with Crippen LogP contribution >= 0.6 is 0 Å². The lowest BCUT2D eigenvalue weighted by atomic mass is 9.99. The Morgan fingerprint density at radius 3 is 1.29 bits per heavy atom. The predicted octanol–water partition coefficient (Wildman–Crippen LogP) is 15.3. The number of esters is 1. The first kappa shape index (κ1) is 71.2. The highest BCUT2D eigenvalue weighted by atomic mass is 16.7. The van der Waals surface area contributed by atoms with Crippen molar-refractivity contribution in [3.8, 4) is 0 Å². The van der Waals surface area contributed by atoms with Crippen LogP contribution in [-0.4, -0.2) is 99.6 Å². The van der Waals surface area contributed by atoms with Crippen LogP contribution in [0.2, 0.25) is 0 Å². The molecule has 442 valence electrons. The number of hydrogen-bond acceptors (Lipinski definition) is 10. The molecule has 6 N–H and O–H groups in total. The van der Waals surface area contributed by atoms with E-state index in [1.807, 2.05) is 6.08 Å². The standard InChI is InChI=1S/C64H121NO10/c1-4-7-10-13-16-19-22-24-26-27-28-29-30-32-33-36-39-42-45-48-51-57(68)63(72)65-55(56(67)50-47-44-41-38-35-21-18-15-12-9-6-3)54-73-64-62(61(71)60(70)58(53-66)74-64)75-59(69)52-49-46-43-40-37-34-31-25-23-20-17-14-11-8-5-2/h24,26,47,50,55-58,60-62,64,66-68,70-71H,4-23,25,27-46,48-49,51-54H2,1-3H3,(H,65,72)/b26-24+,50-47+. The second kappa shape index (κ2) is 52.8. The Morgan fingerprint density at radius 2 is 0.880 bits per heavy atom. The van der Waals surface area contributed by atoms with Crippen LogP contribution in [0.3, 0.4) is 0 Å². The fourth-order valence-corrected chi connectivity index (χ4v) is 10.2. The molecule has 1 rings (SSSR count). The molecular weight excluding hydrogens is 943 g/mol. The van der Waals surface area contributed by atoms with Gasteiger partial charge in [-0.2, -0.15) is 0 Å². The average molecular weight is 1060 g/mol. The Kier molecular flexibility index (Phi) is 50.1. The average Bonchev–Trinajstić information content (AvgIpc) is 3.41. The van der Waals surface area contributed by atoms with Crippen LogP contribution in [0.4, 0.5) is 0 Å². The SMILES string of the molecule is CCCCCCCC/C=C/CCCCCCCCCCCCC(O)C(=O)NC(COC1OC(CO)C(O)C(O)C1OC(=O)CCCCCCCCCCCCCCCCC)C(O)/C=C/CCCCCCCCCCC. The summed E-state index contributed by atoms with van der Waals surface area (Å²) in [6.07, 6.45) is 50.8. The molecule has 0 aliphatic carbocycles. The van der Waals surface area contributed by atoms with E-state index in [-0.39, 0.29) is 13.0 Å². The number of ether oxygens (including phenoxy) is 3. The van der Waals surface area contributed by atoms with Crippen molar-refractivity contribution in [2.24, 2.45) is 0 Å². The van der Waals surface area contributed by atoms with Crippen molar-refractivity contribution in [3.63, 3.8) is 0 Å². The third kappa shape index (κ3) is 40.9. The summed E-state index contributed by atoms with van der Waals surface area (Å²) < 4.78 is 17.6. The van der Waals surface area contributed by atoms with Gasteiger partial charge in [-0.1, -0.05) is 276 Å². The van der Waals surface area contributed by atoms with Gasteiger partial charge in [0.15, 0.2) is 12.4 Å². The Hall–Kier alpha value is -1.86. The Labute approximate surface area is 461 Å². The summed E-state index contributed by atoms with van der Waals surface area (Å²) in [6, 6.07) is -1.02. The molecule has 11 heteroatoms.